The molecule has 0 aliphatic rings. The normalized spacial score (nSPS) is 7.35. The van der Waals surface area contributed by atoms with Crippen molar-refractivity contribution in [3.63, 3.8) is 0 Å². The van der Waals surface area contributed by atoms with Crippen molar-refractivity contribution in [3.8, 4) is 5.75 Å². The van der Waals surface area contributed by atoms with Gasteiger partial charge in [-0.15, -0.1) is 12.1 Å². The van der Waals surface area contributed by atoms with Gasteiger partial charge in [0.25, 0.3) is 0 Å². The standard InChI is InChI=1S/C9H9O3.2C2H6.Re/c1-11-6-8-2-4-9(5-3-8)12-7-10;2*1-2;/h2-5H,6H2,1H3;2*1-2H3;/q-1;;;. The summed E-state index contributed by atoms with van der Waals surface area (Å²) in [4.78, 5) is 9.81. The van der Waals surface area contributed by atoms with E-state index in [9.17, 15) is 4.79 Å². The fourth-order valence-corrected chi connectivity index (χ4v) is 0.868. The summed E-state index contributed by atoms with van der Waals surface area (Å²) in [6.07, 6.45) is 0. The molecule has 99 valence electrons. The van der Waals surface area contributed by atoms with E-state index in [1.165, 1.54) is 6.47 Å². The van der Waals surface area contributed by atoms with Crippen LogP contribution in [-0.4, -0.2) is 13.6 Å². The van der Waals surface area contributed by atoms with Gasteiger partial charge in [-0.05, 0) is 11.3 Å². The number of hydrogen-bond acceptors (Lipinski definition) is 3. The van der Waals surface area contributed by atoms with Gasteiger partial charge in [0.15, 0.2) is 6.47 Å². The summed E-state index contributed by atoms with van der Waals surface area (Å²) < 4.78 is 9.40. The van der Waals surface area contributed by atoms with Crippen molar-refractivity contribution in [1.29, 1.82) is 0 Å². The molecule has 0 atom stereocenters. The van der Waals surface area contributed by atoms with Crippen LogP contribution in [0.25, 0.3) is 0 Å². The number of benzene rings is 1. The van der Waals surface area contributed by atoms with Gasteiger partial charge in [-0.1, -0.05) is 39.8 Å². The Morgan fingerprint density at radius 3 is 1.88 bits per heavy atom. The second-order valence-corrected chi connectivity index (χ2v) is 2.26. The fourth-order valence-electron chi connectivity index (χ4n) is 0.868. The van der Waals surface area contributed by atoms with Crippen molar-refractivity contribution in [3.05, 3.63) is 29.8 Å². The van der Waals surface area contributed by atoms with Crippen LogP contribution in [0.3, 0.4) is 0 Å². The summed E-state index contributed by atoms with van der Waals surface area (Å²) in [5, 5.41) is 0. The molecule has 0 N–H and O–H groups in total. The molecule has 0 saturated carbocycles. The van der Waals surface area contributed by atoms with E-state index in [0.717, 1.165) is 5.56 Å². The van der Waals surface area contributed by atoms with Crippen molar-refractivity contribution in [2.45, 2.75) is 34.3 Å². The van der Waals surface area contributed by atoms with Gasteiger partial charge in [-0.3, -0.25) is 0 Å². The minimum absolute atomic E-state index is 0. The van der Waals surface area contributed by atoms with Crippen LogP contribution in [0.5, 0.6) is 5.75 Å². The van der Waals surface area contributed by atoms with E-state index in [-0.39, 0.29) is 20.4 Å². The van der Waals surface area contributed by atoms with Crippen LogP contribution in [0.2, 0.25) is 0 Å². The predicted octanol–water partition coefficient (Wildman–Crippen LogP) is 3.33. The topological polar surface area (TPSA) is 35.5 Å². The number of ether oxygens (including phenoxy) is 2. The molecule has 1 aromatic carbocycles. The summed E-state index contributed by atoms with van der Waals surface area (Å²) >= 11 is 0. The molecule has 1 aromatic rings. The zero-order valence-corrected chi connectivity index (χ0v) is 13.8. The summed E-state index contributed by atoms with van der Waals surface area (Å²) in [7, 11) is 1.63. The largest absolute Gasteiger partial charge is 0.610 e. The molecule has 4 heteroatoms. The molecule has 0 unspecified atom stereocenters. The predicted molar refractivity (Wildman–Crippen MR) is 66.2 cm³/mol. The summed E-state index contributed by atoms with van der Waals surface area (Å²) in [5.41, 5.74) is 1.04. The Morgan fingerprint density at radius 1 is 1.06 bits per heavy atom. The molecule has 0 aromatic heterocycles. The molecule has 0 fully saturated rings. The molecule has 1 rings (SSSR count). The Morgan fingerprint density at radius 2 is 1.53 bits per heavy atom. The number of methoxy groups -OCH3 is 1. The van der Waals surface area contributed by atoms with Crippen molar-refractivity contribution in [2.24, 2.45) is 0 Å². The van der Waals surface area contributed by atoms with E-state index in [1.54, 1.807) is 19.2 Å². The van der Waals surface area contributed by atoms with Gasteiger partial charge in [0.05, 0.1) is 6.61 Å². The van der Waals surface area contributed by atoms with Crippen LogP contribution >= 0.6 is 0 Å². The van der Waals surface area contributed by atoms with Gasteiger partial charge in [0.1, 0.15) is 0 Å². The van der Waals surface area contributed by atoms with E-state index in [2.05, 4.69) is 4.74 Å². The van der Waals surface area contributed by atoms with E-state index in [0.29, 0.717) is 12.4 Å². The monoisotopic (exact) mass is 412 g/mol. The van der Waals surface area contributed by atoms with Crippen molar-refractivity contribution < 1.29 is 34.7 Å². The molecular weight excluding hydrogens is 390 g/mol. The average Bonchev–Trinajstić information content (AvgIpc) is 2.37. The first-order valence-electron chi connectivity index (χ1n) is 5.48. The molecule has 0 aliphatic heterocycles. The van der Waals surface area contributed by atoms with Gasteiger partial charge in [-0.2, -0.15) is 0 Å². The maximum Gasteiger partial charge on any atom is 0.170 e. The SMILES string of the molecule is CC.CC.COCc1ccc(O[C-]=O)cc1.[Re]. The zero-order chi connectivity index (χ0) is 12.8. The van der Waals surface area contributed by atoms with Crippen LogP contribution in [0.4, 0.5) is 0 Å². The zero-order valence-electron chi connectivity index (χ0n) is 11.1. The molecule has 0 bridgehead atoms. The van der Waals surface area contributed by atoms with E-state index >= 15 is 0 Å². The van der Waals surface area contributed by atoms with Crippen molar-refractivity contribution in [2.75, 3.05) is 7.11 Å². The third kappa shape index (κ3) is 11.6. The second-order valence-electron chi connectivity index (χ2n) is 2.26. The fraction of sp³-hybridized carbons (Fsp3) is 0.462. The van der Waals surface area contributed by atoms with Gasteiger partial charge >= 0.3 is 0 Å². The quantitative estimate of drug-likeness (QED) is 0.713. The first-order valence-corrected chi connectivity index (χ1v) is 5.48. The minimum atomic E-state index is 0. The molecule has 3 nitrogen and oxygen atoms in total. The van der Waals surface area contributed by atoms with Gasteiger partial charge in [-0.25, -0.2) is 0 Å². The first kappa shape index (κ1) is 21.6. The number of hydrogen-bond donors (Lipinski definition) is 0. The van der Waals surface area contributed by atoms with Crippen LogP contribution in [0.1, 0.15) is 33.3 Å². The molecule has 0 aliphatic carbocycles. The van der Waals surface area contributed by atoms with Crippen LogP contribution < -0.4 is 4.74 Å². The van der Waals surface area contributed by atoms with Crippen molar-refractivity contribution in [1.82, 2.24) is 0 Å². The smallest absolute Gasteiger partial charge is 0.170 e. The molecule has 0 amide bonds. The molecule has 1 radical (unpaired) electrons. The van der Waals surface area contributed by atoms with Crippen LogP contribution in [-0.2, 0) is 36.6 Å². The molecule has 17 heavy (non-hydrogen) atoms. The Balaban J connectivity index is -0.000000355. The minimum Gasteiger partial charge on any atom is -0.610 e. The molecule has 0 saturated heterocycles. The van der Waals surface area contributed by atoms with Crippen LogP contribution in [0.15, 0.2) is 24.3 Å². The average molecular weight is 412 g/mol. The van der Waals surface area contributed by atoms with E-state index in [4.69, 9.17) is 4.74 Å². The Kier molecular flexibility index (Phi) is 22.5. The summed E-state index contributed by atoms with van der Waals surface area (Å²) in [6, 6.07) is 7.05. The summed E-state index contributed by atoms with van der Waals surface area (Å²) in [6.45, 7) is 9.91. The first-order chi connectivity index (χ1) is 7.86. The van der Waals surface area contributed by atoms with Crippen molar-refractivity contribution >= 4 is 6.47 Å². The Labute approximate surface area is 118 Å². The van der Waals surface area contributed by atoms with E-state index in [1.807, 2.05) is 39.8 Å². The number of carbonyl (C=O) groups excluding carboxylic acids is 1. The van der Waals surface area contributed by atoms with Gasteiger partial charge in [0.2, 0.25) is 0 Å². The Bertz CT molecular complexity index is 247. The Hall–Kier alpha value is -0.688. The summed E-state index contributed by atoms with van der Waals surface area (Å²) in [5.74, 6) is 0.491. The number of rotatable bonds is 4. The molecule has 0 spiro atoms. The third-order valence-corrected chi connectivity index (χ3v) is 1.39. The molecular formula is C13H21O3Re-. The van der Waals surface area contributed by atoms with Gasteiger partial charge in [0, 0.05) is 27.5 Å². The van der Waals surface area contributed by atoms with Gasteiger partial charge < -0.3 is 14.3 Å². The van der Waals surface area contributed by atoms with Crippen LogP contribution in [0, 0.1) is 0 Å². The third-order valence-electron chi connectivity index (χ3n) is 1.39. The van der Waals surface area contributed by atoms with E-state index < -0.39 is 0 Å². The molecule has 0 heterocycles. The second kappa shape index (κ2) is 17.7. The maximum atomic E-state index is 9.81. The maximum absolute atomic E-state index is 9.81.